The second-order valence-corrected chi connectivity index (χ2v) is 17.4. The van der Waals surface area contributed by atoms with Crippen LogP contribution < -0.4 is 0 Å². The van der Waals surface area contributed by atoms with Crippen molar-refractivity contribution in [3.05, 3.63) is 36.5 Å². The first-order valence-corrected chi connectivity index (χ1v) is 26.0. The summed E-state index contributed by atoms with van der Waals surface area (Å²) in [4.78, 5) is 37.9. The first-order valence-electron chi connectivity index (χ1n) is 26.0. The molecule has 0 fully saturated rings. The van der Waals surface area contributed by atoms with Crippen LogP contribution in [0, 0.1) is 0 Å². The van der Waals surface area contributed by atoms with Crippen molar-refractivity contribution in [2.24, 2.45) is 0 Å². The van der Waals surface area contributed by atoms with Crippen molar-refractivity contribution in [1.29, 1.82) is 0 Å². The van der Waals surface area contributed by atoms with E-state index < -0.39 is 6.10 Å². The summed E-state index contributed by atoms with van der Waals surface area (Å²) in [7, 11) is 0. The van der Waals surface area contributed by atoms with Gasteiger partial charge in [0.2, 0.25) is 0 Å². The molecule has 0 aliphatic carbocycles. The van der Waals surface area contributed by atoms with Gasteiger partial charge in [-0.3, -0.25) is 14.4 Å². The molecular formula is C54H98O6. The molecule has 0 aromatic rings. The third-order valence-electron chi connectivity index (χ3n) is 11.3. The minimum atomic E-state index is -0.784. The fraction of sp³-hybridized carbons (Fsp3) is 0.833. The second kappa shape index (κ2) is 49.3. The Labute approximate surface area is 372 Å². The molecule has 0 aliphatic rings. The van der Waals surface area contributed by atoms with E-state index in [0.29, 0.717) is 19.3 Å². The number of ether oxygens (including phenoxy) is 3. The van der Waals surface area contributed by atoms with Crippen LogP contribution in [0.4, 0.5) is 0 Å². The average Bonchev–Trinajstić information content (AvgIpc) is 3.24. The lowest BCUT2D eigenvalue weighted by Gasteiger charge is -2.18. The standard InChI is InChI=1S/C54H98O6/c1-4-7-10-13-16-19-22-24-26-27-28-29-31-32-35-38-41-44-47-53(56)59-50-51(49-58-52(55)46-43-40-37-34-21-18-15-12-9-6-3)60-54(57)48-45-42-39-36-33-30-25-23-20-17-14-11-8-5-2/h15,18,28-30,33,51H,4-14,16-17,19-27,31-32,34-50H2,1-3H3/b18-15-,29-28-,33-30-. The molecule has 0 spiro atoms. The molecule has 6 nitrogen and oxygen atoms in total. The van der Waals surface area contributed by atoms with Crippen LogP contribution in [0.2, 0.25) is 0 Å². The van der Waals surface area contributed by atoms with Gasteiger partial charge >= 0.3 is 17.9 Å². The second-order valence-electron chi connectivity index (χ2n) is 17.4. The molecule has 0 aromatic heterocycles. The largest absolute Gasteiger partial charge is 0.462 e. The topological polar surface area (TPSA) is 78.9 Å². The lowest BCUT2D eigenvalue weighted by atomic mass is 10.1. The number of allylic oxidation sites excluding steroid dienone is 6. The van der Waals surface area contributed by atoms with Crippen molar-refractivity contribution >= 4 is 17.9 Å². The summed E-state index contributed by atoms with van der Waals surface area (Å²) in [5.74, 6) is -0.915. The van der Waals surface area contributed by atoms with Crippen molar-refractivity contribution in [3.63, 3.8) is 0 Å². The SMILES string of the molecule is CCCC/C=C\CCCCCCC(=O)OCC(COC(=O)CCCCCCC/C=C\CCCCCCCCCCC)OC(=O)CCCCC/C=C\CCCCCCCCC. The molecule has 0 bridgehead atoms. The monoisotopic (exact) mass is 843 g/mol. The van der Waals surface area contributed by atoms with Gasteiger partial charge in [0, 0.05) is 19.3 Å². The molecule has 0 aliphatic heterocycles. The minimum absolute atomic E-state index is 0.0848. The summed E-state index contributed by atoms with van der Waals surface area (Å²) >= 11 is 0. The van der Waals surface area contributed by atoms with Gasteiger partial charge in [0.1, 0.15) is 13.2 Å². The third-order valence-corrected chi connectivity index (χ3v) is 11.3. The summed E-state index contributed by atoms with van der Waals surface area (Å²) in [6.07, 6.45) is 57.1. The van der Waals surface area contributed by atoms with E-state index in [1.54, 1.807) is 0 Å². The molecule has 6 heteroatoms. The van der Waals surface area contributed by atoms with Crippen LogP contribution in [0.5, 0.6) is 0 Å². The first kappa shape index (κ1) is 57.6. The maximum Gasteiger partial charge on any atom is 0.306 e. The predicted octanol–water partition coefficient (Wildman–Crippen LogP) is 16.9. The van der Waals surface area contributed by atoms with Gasteiger partial charge in [-0.05, 0) is 89.9 Å². The van der Waals surface area contributed by atoms with E-state index in [2.05, 4.69) is 57.2 Å². The highest BCUT2D eigenvalue weighted by atomic mass is 16.6. The van der Waals surface area contributed by atoms with E-state index in [-0.39, 0.29) is 31.1 Å². The van der Waals surface area contributed by atoms with Crippen LogP contribution in [0.25, 0.3) is 0 Å². The molecule has 1 atom stereocenters. The predicted molar refractivity (Wildman–Crippen MR) is 256 cm³/mol. The summed E-state index contributed by atoms with van der Waals surface area (Å²) in [5, 5.41) is 0. The normalized spacial score (nSPS) is 12.2. The zero-order valence-corrected chi connectivity index (χ0v) is 40.0. The van der Waals surface area contributed by atoms with Crippen molar-refractivity contribution in [2.75, 3.05) is 13.2 Å². The van der Waals surface area contributed by atoms with Crippen LogP contribution in [0.15, 0.2) is 36.5 Å². The quantitative estimate of drug-likeness (QED) is 0.0263. The minimum Gasteiger partial charge on any atom is -0.462 e. The third kappa shape index (κ3) is 46.7. The van der Waals surface area contributed by atoms with E-state index in [0.717, 1.165) is 96.3 Å². The molecule has 0 N–H and O–H groups in total. The Morgan fingerprint density at radius 2 is 0.567 bits per heavy atom. The average molecular weight is 843 g/mol. The molecule has 0 aromatic carbocycles. The van der Waals surface area contributed by atoms with Gasteiger partial charge in [-0.1, -0.05) is 198 Å². The molecule has 0 saturated heterocycles. The zero-order valence-electron chi connectivity index (χ0n) is 40.0. The van der Waals surface area contributed by atoms with Gasteiger partial charge in [0.25, 0.3) is 0 Å². The summed E-state index contributed by atoms with van der Waals surface area (Å²) in [5.41, 5.74) is 0. The Kier molecular flexibility index (Phi) is 47.3. The Hall–Kier alpha value is -2.37. The summed E-state index contributed by atoms with van der Waals surface area (Å²) in [6, 6.07) is 0. The van der Waals surface area contributed by atoms with E-state index in [1.807, 2.05) is 0 Å². The molecule has 0 amide bonds. The number of hydrogen-bond donors (Lipinski definition) is 0. The smallest absolute Gasteiger partial charge is 0.306 e. The molecular weight excluding hydrogens is 745 g/mol. The lowest BCUT2D eigenvalue weighted by molar-refractivity contribution is -0.167. The van der Waals surface area contributed by atoms with E-state index in [9.17, 15) is 14.4 Å². The maximum atomic E-state index is 12.8. The van der Waals surface area contributed by atoms with Crippen LogP contribution >= 0.6 is 0 Å². The van der Waals surface area contributed by atoms with E-state index >= 15 is 0 Å². The molecule has 0 rings (SSSR count). The van der Waals surface area contributed by atoms with Crippen LogP contribution in [-0.2, 0) is 28.6 Å². The van der Waals surface area contributed by atoms with Crippen LogP contribution in [0.3, 0.4) is 0 Å². The first-order chi connectivity index (χ1) is 29.5. The maximum absolute atomic E-state index is 12.8. The van der Waals surface area contributed by atoms with Gasteiger partial charge in [-0.25, -0.2) is 0 Å². The number of hydrogen-bond acceptors (Lipinski definition) is 6. The van der Waals surface area contributed by atoms with Crippen molar-refractivity contribution < 1.29 is 28.6 Å². The lowest BCUT2D eigenvalue weighted by Crippen LogP contribution is -2.30. The Morgan fingerprint density at radius 1 is 0.317 bits per heavy atom. The number of rotatable bonds is 47. The zero-order chi connectivity index (χ0) is 43.7. The number of carbonyl (C=O) groups is 3. The van der Waals surface area contributed by atoms with E-state index in [1.165, 1.54) is 135 Å². The molecule has 60 heavy (non-hydrogen) atoms. The van der Waals surface area contributed by atoms with Gasteiger partial charge < -0.3 is 14.2 Å². The number of esters is 3. The summed E-state index contributed by atoms with van der Waals surface area (Å²) < 4.78 is 16.7. The Balaban J connectivity index is 4.34. The van der Waals surface area contributed by atoms with Gasteiger partial charge in [0.05, 0.1) is 0 Å². The van der Waals surface area contributed by atoms with Gasteiger partial charge in [-0.15, -0.1) is 0 Å². The highest BCUT2D eigenvalue weighted by molar-refractivity contribution is 5.71. The molecule has 350 valence electrons. The van der Waals surface area contributed by atoms with Crippen LogP contribution in [-0.4, -0.2) is 37.2 Å². The molecule has 1 unspecified atom stereocenters. The Morgan fingerprint density at radius 3 is 0.900 bits per heavy atom. The molecule has 0 heterocycles. The number of carbonyl (C=O) groups excluding carboxylic acids is 3. The van der Waals surface area contributed by atoms with E-state index in [4.69, 9.17) is 14.2 Å². The fourth-order valence-corrected chi connectivity index (χ4v) is 7.35. The van der Waals surface area contributed by atoms with Crippen molar-refractivity contribution in [1.82, 2.24) is 0 Å². The highest BCUT2D eigenvalue weighted by Crippen LogP contribution is 2.14. The summed E-state index contributed by atoms with van der Waals surface area (Å²) in [6.45, 7) is 6.58. The number of unbranched alkanes of at least 4 members (excludes halogenated alkanes) is 30. The highest BCUT2D eigenvalue weighted by Gasteiger charge is 2.19. The Bertz CT molecular complexity index is 1020. The van der Waals surface area contributed by atoms with Crippen molar-refractivity contribution in [2.45, 2.75) is 277 Å². The van der Waals surface area contributed by atoms with Crippen LogP contribution in [0.1, 0.15) is 271 Å². The van der Waals surface area contributed by atoms with Gasteiger partial charge in [0.15, 0.2) is 6.10 Å². The molecule has 0 saturated carbocycles. The van der Waals surface area contributed by atoms with Crippen molar-refractivity contribution in [3.8, 4) is 0 Å². The molecule has 0 radical (unpaired) electrons. The van der Waals surface area contributed by atoms with Gasteiger partial charge in [-0.2, -0.15) is 0 Å². The fourth-order valence-electron chi connectivity index (χ4n) is 7.35.